The monoisotopic (exact) mass is 317 g/mol. The molecule has 1 aromatic heterocycles. The van der Waals surface area contributed by atoms with E-state index >= 15 is 0 Å². The van der Waals surface area contributed by atoms with Gasteiger partial charge in [0.25, 0.3) is 5.91 Å². The first kappa shape index (κ1) is 16.6. The number of ether oxygens (including phenoxy) is 1. The van der Waals surface area contributed by atoms with Crippen molar-refractivity contribution in [2.75, 3.05) is 6.61 Å². The lowest BCUT2D eigenvalue weighted by Crippen LogP contribution is -2.29. The van der Waals surface area contributed by atoms with Crippen LogP contribution in [0, 0.1) is 0 Å². The normalized spacial score (nSPS) is 11.7. The second-order valence-corrected chi connectivity index (χ2v) is 5.02. The molecular weight excluding hydrogens is 298 g/mol. The lowest BCUT2D eigenvalue weighted by Gasteiger charge is -2.17. The Hall–Kier alpha value is -2.76. The number of benzene rings is 1. The summed E-state index contributed by atoms with van der Waals surface area (Å²) in [5, 5.41) is 11.7. The van der Waals surface area contributed by atoms with E-state index in [1.165, 1.54) is 12.3 Å². The third-order valence-electron chi connectivity index (χ3n) is 3.18. The molecule has 1 unspecified atom stereocenters. The molecule has 1 amide bonds. The van der Waals surface area contributed by atoms with Crippen LogP contribution in [0.25, 0.3) is 0 Å². The number of amides is 1. The molecule has 0 aliphatic rings. The summed E-state index contributed by atoms with van der Waals surface area (Å²) < 4.78 is 10.5. The van der Waals surface area contributed by atoms with Crippen LogP contribution in [0.3, 0.4) is 0 Å². The molecule has 1 atom stereocenters. The van der Waals surface area contributed by atoms with Gasteiger partial charge >= 0.3 is 5.97 Å². The van der Waals surface area contributed by atoms with Gasteiger partial charge in [0.15, 0.2) is 5.76 Å². The van der Waals surface area contributed by atoms with E-state index in [4.69, 9.17) is 14.3 Å². The number of hydrogen-bond acceptors (Lipinski definition) is 4. The molecule has 6 nitrogen and oxygen atoms in total. The van der Waals surface area contributed by atoms with Gasteiger partial charge in [-0.3, -0.25) is 9.59 Å². The van der Waals surface area contributed by atoms with Crippen molar-refractivity contribution in [3.8, 4) is 5.75 Å². The van der Waals surface area contributed by atoms with Crippen molar-refractivity contribution in [1.29, 1.82) is 0 Å². The van der Waals surface area contributed by atoms with Crippen LogP contribution in [0.2, 0.25) is 0 Å². The van der Waals surface area contributed by atoms with E-state index in [0.29, 0.717) is 17.9 Å². The van der Waals surface area contributed by atoms with E-state index in [1.54, 1.807) is 30.3 Å². The van der Waals surface area contributed by atoms with Gasteiger partial charge in [0.05, 0.1) is 25.3 Å². The second kappa shape index (κ2) is 8.03. The Labute approximate surface area is 134 Å². The summed E-state index contributed by atoms with van der Waals surface area (Å²) in [5.74, 6) is -0.598. The molecule has 0 aliphatic carbocycles. The van der Waals surface area contributed by atoms with Crippen LogP contribution in [0.15, 0.2) is 47.1 Å². The van der Waals surface area contributed by atoms with Crippen LogP contribution in [-0.4, -0.2) is 23.6 Å². The maximum atomic E-state index is 12.1. The molecule has 23 heavy (non-hydrogen) atoms. The number of rotatable bonds is 8. The lowest BCUT2D eigenvalue weighted by atomic mass is 10.0. The summed E-state index contributed by atoms with van der Waals surface area (Å²) in [6.07, 6.45) is 2.07. The third kappa shape index (κ3) is 4.88. The number of carbonyl (C=O) groups excluding carboxylic acids is 1. The minimum Gasteiger partial charge on any atom is -0.494 e. The molecule has 0 bridgehead atoms. The quantitative estimate of drug-likeness (QED) is 0.781. The highest BCUT2D eigenvalue weighted by Gasteiger charge is 2.20. The molecule has 122 valence electrons. The predicted molar refractivity (Wildman–Crippen MR) is 83.4 cm³/mol. The second-order valence-electron chi connectivity index (χ2n) is 5.02. The summed E-state index contributed by atoms with van der Waals surface area (Å²) in [6.45, 7) is 2.63. The molecular formula is C17H19NO5. The fourth-order valence-electron chi connectivity index (χ4n) is 2.08. The van der Waals surface area contributed by atoms with Crippen molar-refractivity contribution in [2.45, 2.75) is 25.8 Å². The van der Waals surface area contributed by atoms with E-state index < -0.39 is 17.9 Å². The number of hydrogen-bond donors (Lipinski definition) is 2. The zero-order valence-corrected chi connectivity index (χ0v) is 12.8. The van der Waals surface area contributed by atoms with E-state index in [-0.39, 0.29) is 12.2 Å². The van der Waals surface area contributed by atoms with Gasteiger partial charge in [-0.2, -0.15) is 0 Å². The van der Waals surface area contributed by atoms with Gasteiger partial charge in [-0.25, -0.2) is 0 Å². The Morgan fingerprint density at radius 3 is 2.57 bits per heavy atom. The number of carbonyl (C=O) groups is 2. The standard InChI is InChI=1S/C17H19NO5/c1-2-9-22-13-7-5-12(6-8-13)14(11-16(19)20)18-17(21)15-4-3-10-23-15/h3-8,10,14H,2,9,11H2,1H3,(H,18,21)(H,19,20). The summed E-state index contributed by atoms with van der Waals surface area (Å²) in [4.78, 5) is 23.1. The summed E-state index contributed by atoms with van der Waals surface area (Å²) in [7, 11) is 0. The molecule has 0 spiro atoms. The van der Waals surface area contributed by atoms with Crippen molar-refractivity contribution >= 4 is 11.9 Å². The average molecular weight is 317 g/mol. The average Bonchev–Trinajstić information content (AvgIpc) is 3.07. The van der Waals surface area contributed by atoms with E-state index in [0.717, 1.165) is 6.42 Å². The topological polar surface area (TPSA) is 88.8 Å². The zero-order chi connectivity index (χ0) is 16.7. The molecule has 6 heteroatoms. The van der Waals surface area contributed by atoms with Gasteiger partial charge in [0.1, 0.15) is 5.75 Å². The Kier molecular flexibility index (Phi) is 5.80. The van der Waals surface area contributed by atoms with Gasteiger partial charge < -0.3 is 19.6 Å². The number of carboxylic acid groups (broad SMARTS) is 1. The van der Waals surface area contributed by atoms with Crippen molar-refractivity contribution in [3.63, 3.8) is 0 Å². The lowest BCUT2D eigenvalue weighted by molar-refractivity contribution is -0.137. The molecule has 1 aromatic carbocycles. The van der Waals surface area contributed by atoms with E-state index in [9.17, 15) is 9.59 Å². The summed E-state index contributed by atoms with van der Waals surface area (Å²) >= 11 is 0. The maximum Gasteiger partial charge on any atom is 0.305 e. The molecule has 2 rings (SSSR count). The number of nitrogens with one attached hydrogen (secondary N) is 1. The summed E-state index contributed by atoms with van der Waals surface area (Å²) in [5.41, 5.74) is 0.691. The molecule has 2 aromatic rings. The van der Waals surface area contributed by atoms with Crippen molar-refractivity contribution < 1.29 is 23.8 Å². The first-order valence-electron chi connectivity index (χ1n) is 7.39. The number of furan rings is 1. The number of carboxylic acids is 1. The van der Waals surface area contributed by atoms with Gasteiger partial charge in [-0.05, 0) is 36.2 Å². The highest BCUT2D eigenvalue weighted by Crippen LogP contribution is 2.21. The van der Waals surface area contributed by atoms with Gasteiger partial charge in [0.2, 0.25) is 0 Å². The highest BCUT2D eigenvalue weighted by molar-refractivity contribution is 5.91. The third-order valence-corrected chi connectivity index (χ3v) is 3.18. The fourth-order valence-corrected chi connectivity index (χ4v) is 2.08. The highest BCUT2D eigenvalue weighted by atomic mass is 16.5. The molecule has 0 saturated carbocycles. The van der Waals surface area contributed by atoms with E-state index in [1.807, 2.05) is 6.92 Å². The summed E-state index contributed by atoms with van der Waals surface area (Å²) in [6, 6.07) is 9.50. The van der Waals surface area contributed by atoms with Crippen LogP contribution in [0.4, 0.5) is 0 Å². The maximum absolute atomic E-state index is 12.1. The predicted octanol–water partition coefficient (Wildman–Crippen LogP) is 3.01. The Morgan fingerprint density at radius 1 is 1.26 bits per heavy atom. The van der Waals surface area contributed by atoms with E-state index in [2.05, 4.69) is 5.32 Å². The smallest absolute Gasteiger partial charge is 0.305 e. The number of aliphatic carboxylic acids is 1. The Bertz CT molecular complexity index is 634. The molecule has 0 radical (unpaired) electrons. The van der Waals surface area contributed by atoms with Crippen LogP contribution in [0.5, 0.6) is 5.75 Å². The molecule has 0 fully saturated rings. The fraction of sp³-hybridized carbons (Fsp3) is 0.294. The van der Waals surface area contributed by atoms with Crippen LogP contribution in [-0.2, 0) is 4.79 Å². The molecule has 1 heterocycles. The van der Waals surface area contributed by atoms with Crippen molar-refractivity contribution in [1.82, 2.24) is 5.32 Å². The van der Waals surface area contributed by atoms with Gasteiger partial charge in [0, 0.05) is 0 Å². The minimum atomic E-state index is -0.999. The van der Waals surface area contributed by atoms with Crippen LogP contribution >= 0.6 is 0 Å². The first-order chi connectivity index (χ1) is 11.1. The van der Waals surface area contributed by atoms with Gasteiger partial charge in [-0.15, -0.1) is 0 Å². The Morgan fingerprint density at radius 2 is 2.00 bits per heavy atom. The minimum absolute atomic E-state index is 0.142. The van der Waals surface area contributed by atoms with Crippen LogP contribution < -0.4 is 10.1 Å². The molecule has 0 aliphatic heterocycles. The van der Waals surface area contributed by atoms with Gasteiger partial charge in [-0.1, -0.05) is 19.1 Å². The molecule has 0 saturated heterocycles. The SMILES string of the molecule is CCCOc1ccc(C(CC(=O)O)NC(=O)c2ccco2)cc1. The van der Waals surface area contributed by atoms with Crippen molar-refractivity contribution in [3.05, 3.63) is 54.0 Å². The van der Waals surface area contributed by atoms with Crippen LogP contribution in [0.1, 0.15) is 41.9 Å². The zero-order valence-electron chi connectivity index (χ0n) is 12.8. The molecule has 2 N–H and O–H groups in total. The first-order valence-corrected chi connectivity index (χ1v) is 7.39. The Balaban J connectivity index is 2.11. The largest absolute Gasteiger partial charge is 0.494 e. The van der Waals surface area contributed by atoms with Crippen molar-refractivity contribution in [2.24, 2.45) is 0 Å².